The van der Waals surface area contributed by atoms with Crippen LogP contribution in [-0.2, 0) is 4.79 Å². The van der Waals surface area contributed by atoms with Crippen molar-refractivity contribution in [2.75, 3.05) is 24.7 Å². The monoisotopic (exact) mass is 327 g/mol. The summed E-state index contributed by atoms with van der Waals surface area (Å²) in [6.07, 6.45) is 0.742. The van der Waals surface area contributed by atoms with Crippen molar-refractivity contribution in [3.63, 3.8) is 0 Å². The summed E-state index contributed by atoms with van der Waals surface area (Å²) in [4.78, 5) is 25.0. The van der Waals surface area contributed by atoms with Gasteiger partial charge in [-0.1, -0.05) is 18.2 Å². The van der Waals surface area contributed by atoms with Gasteiger partial charge < -0.3 is 14.4 Å². The Morgan fingerprint density at radius 3 is 2.42 bits per heavy atom. The van der Waals surface area contributed by atoms with Gasteiger partial charge in [-0.3, -0.25) is 9.59 Å². The molecule has 2 aromatic carbocycles. The Hall–Kier alpha value is -2.82. The van der Waals surface area contributed by atoms with E-state index in [-0.39, 0.29) is 12.5 Å². The third-order valence-electron chi connectivity index (χ3n) is 3.44. The molecule has 0 fully saturated rings. The summed E-state index contributed by atoms with van der Waals surface area (Å²) in [6.45, 7) is 4.64. The number of nitrogens with zero attached hydrogens (tertiary/aromatic N) is 1. The zero-order valence-corrected chi connectivity index (χ0v) is 13.9. The molecule has 2 rings (SSSR count). The second kappa shape index (κ2) is 8.72. The average molecular weight is 327 g/mol. The molecule has 0 spiro atoms. The smallest absolute Gasteiger partial charge is 0.264 e. The van der Waals surface area contributed by atoms with E-state index in [9.17, 15) is 9.59 Å². The van der Waals surface area contributed by atoms with Crippen LogP contribution in [0.1, 0.15) is 24.2 Å². The molecule has 0 radical (unpaired) electrons. The second-order valence-electron chi connectivity index (χ2n) is 5.02. The van der Waals surface area contributed by atoms with E-state index in [1.807, 2.05) is 44.2 Å². The van der Waals surface area contributed by atoms with Gasteiger partial charge in [0.15, 0.2) is 18.1 Å². The van der Waals surface area contributed by atoms with Gasteiger partial charge in [0.05, 0.1) is 6.61 Å². The first-order chi connectivity index (χ1) is 11.7. The van der Waals surface area contributed by atoms with Crippen LogP contribution in [-0.4, -0.2) is 32.0 Å². The van der Waals surface area contributed by atoms with Gasteiger partial charge in [-0.05, 0) is 44.2 Å². The summed E-state index contributed by atoms with van der Waals surface area (Å²) >= 11 is 0. The van der Waals surface area contributed by atoms with Gasteiger partial charge in [0, 0.05) is 17.8 Å². The number of carbonyl (C=O) groups excluding carboxylic acids is 2. The van der Waals surface area contributed by atoms with Gasteiger partial charge >= 0.3 is 0 Å². The van der Waals surface area contributed by atoms with Crippen molar-refractivity contribution in [1.29, 1.82) is 0 Å². The van der Waals surface area contributed by atoms with Crippen LogP contribution in [0.15, 0.2) is 48.5 Å². The fraction of sp³-hybridized carbons (Fsp3) is 0.263. The fourth-order valence-electron chi connectivity index (χ4n) is 2.31. The maximum Gasteiger partial charge on any atom is 0.264 e. The summed E-state index contributed by atoms with van der Waals surface area (Å²) in [7, 11) is 0. The van der Waals surface area contributed by atoms with Crippen LogP contribution in [0.4, 0.5) is 5.69 Å². The highest BCUT2D eigenvalue weighted by atomic mass is 16.5. The van der Waals surface area contributed by atoms with Crippen LogP contribution < -0.4 is 14.4 Å². The highest BCUT2D eigenvalue weighted by Crippen LogP contribution is 2.28. The Bertz CT molecular complexity index is 685. The minimum absolute atomic E-state index is 0.108. The molecule has 0 saturated heterocycles. The van der Waals surface area contributed by atoms with Crippen molar-refractivity contribution in [1.82, 2.24) is 0 Å². The molecule has 1 amide bonds. The van der Waals surface area contributed by atoms with Crippen LogP contribution in [0.5, 0.6) is 11.5 Å². The molecule has 0 N–H and O–H groups in total. The number of rotatable bonds is 8. The predicted molar refractivity (Wildman–Crippen MR) is 93.0 cm³/mol. The van der Waals surface area contributed by atoms with Crippen molar-refractivity contribution in [3.05, 3.63) is 54.1 Å². The summed E-state index contributed by atoms with van der Waals surface area (Å²) in [6, 6.07) is 14.3. The number of aldehydes is 1. The van der Waals surface area contributed by atoms with Crippen molar-refractivity contribution >= 4 is 17.9 Å². The van der Waals surface area contributed by atoms with Gasteiger partial charge in [0.1, 0.15) is 6.29 Å². The molecule has 126 valence electrons. The largest absolute Gasteiger partial charge is 0.490 e. The molecule has 0 unspecified atom stereocenters. The van der Waals surface area contributed by atoms with Crippen molar-refractivity contribution in [2.24, 2.45) is 0 Å². The summed E-state index contributed by atoms with van der Waals surface area (Å²) in [5.74, 6) is 0.753. The minimum atomic E-state index is -0.148. The van der Waals surface area contributed by atoms with Crippen LogP contribution in [0, 0.1) is 0 Å². The predicted octanol–water partition coefficient (Wildman–Crippen LogP) is 3.33. The third kappa shape index (κ3) is 4.35. The zero-order valence-electron chi connectivity index (χ0n) is 13.9. The Morgan fingerprint density at radius 1 is 1.04 bits per heavy atom. The number of anilines is 1. The number of ether oxygens (including phenoxy) is 2. The van der Waals surface area contributed by atoms with E-state index in [2.05, 4.69) is 0 Å². The third-order valence-corrected chi connectivity index (χ3v) is 3.44. The molecule has 5 heteroatoms. The number of para-hydroxylation sites is 1. The van der Waals surface area contributed by atoms with E-state index in [0.717, 1.165) is 12.0 Å². The number of carbonyl (C=O) groups is 2. The standard InChI is InChI=1S/C19H21NO4/c1-3-20(16-8-6-5-7-9-16)19(22)14-24-17-11-10-15(13-21)12-18(17)23-4-2/h5-13H,3-4,14H2,1-2H3. The average Bonchev–Trinajstić information content (AvgIpc) is 2.62. The molecule has 0 aliphatic rings. The van der Waals surface area contributed by atoms with Crippen molar-refractivity contribution < 1.29 is 19.1 Å². The zero-order chi connectivity index (χ0) is 17.4. The molecule has 0 saturated carbocycles. The number of benzene rings is 2. The van der Waals surface area contributed by atoms with Gasteiger partial charge in [0.25, 0.3) is 5.91 Å². The number of hydrogen-bond donors (Lipinski definition) is 0. The molecule has 0 aliphatic heterocycles. The Balaban J connectivity index is 2.09. The van der Waals surface area contributed by atoms with E-state index in [0.29, 0.717) is 30.2 Å². The van der Waals surface area contributed by atoms with Crippen molar-refractivity contribution in [2.45, 2.75) is 13.8 Å². The second-order valence-corrected chi connectivity index (χ2v) is 5.02. The van der Waals surface area contributed by atoms with E-state index in [4.69, 9.17) is 9.47 Å². The first-order valence-electron chi connectivity index (χ1n) is 7.89. The highest BCUT2D eigenvalue weighted by Gasteiger charge is 2.15. The lowest BCUT2D eigenvalue weighted by Crippen LogP contribution is -2.34. The fourth-order valence-corrected chi connectivity index (χ4v) is 2.31. The van der Waals surface area contributed by atoms with E-state index < -0.39 is 0 Å². The van der Waals surface area contributed by atoms with Gasteiger partial charge in [0.2, 0.25) is 0 Å². The summed E-state index contributed by atoms with van der Waals surface area (Å²) in [5, 5.41) is 0. The molecule has 0 bridgehead atoms. The molecule has 0 heterocycles. The highest BCUT2D eigenvalue weighted by molar-refractivity contribution is 5.94. The number of amides is 1. The van der Waals surface area contributed by atoms with Gasteiger partial charge in [-0.15, -0.1) is 0 Å². The van der Waals surface area contributed by atoms with Gasteiger partial charge in [-0.25, -0.2) is 0 Å². The Morgan fingerprint density at radius 2 is 1.79 bits per heavy atom. The first kappa shape index (κ1) is 17.5. The van der Waals surface area contributed by atoms with Crippen LogP contribution in [0.25, 0.3) is 0 Å². The van der Waals surface area contributed by atoms with Crippen molar-refractivity contribution in [3.8, 4) is 11.5 Å². The molecular weight excluding hydrogens is 306 g/mol. The summed E-state index contributed by atoms with van der Waals surface area (Å²) in [5.41, 5.74) is 1.33. The molecule has 0 aliphatic carbocycles. The lowest BCUT2D eigenvalue weighted by atomic mass is 10.2. The first-order valence-corrected chi connectivity index (χ1v) is 7.89. The molecular formula is C19H21NO4. The number of hydrogen-bond acceptors (Lipinski definition) is 4. The van der Waals surface area contributed by atoms with Crippen LogP contribution in [0.3, 0.4) is 0 Å². The normalized spacial score (nSPS) is 10.1. The summed E-state index contributed by atoms with van der Waals surface area (Å²) < 4.78 is 11.1. The lowest BCUT2D eigenvalue weighted by molar-refractivity contribution is -0.120. The topological polar surface area (TPSA) is 55.8 Å². The molecule has 24 heavy (non-hydrogen) atoms. The quantitative estimate of drug-likeness (QED) is 0.698. The maximum absolute atomic E-state index is 12.4. The molecule has 5 nitrogen and oxygen atoms in total. The van der Waals surface area contributed by atoms with Gasteiger partial charge in [-0.2, -0.15) is 0 Å². The van der Waals surface area contributed by atoms with E-state index >= 15 is 0 Å². The Labute approximate surface area is 141 Å². The molecule has 0 aromatic heterocycles. The SMILES string of the molecule is CCOc1cc(C=O)ccc1OCC(=O)N(CC)c1ccccc1. The Kier molecular flexibility index (Phi) is 6.37. The molecule has 2 aromatic rings. The van der Waals surface area contributed by atoms with E-state index in [1.54, 1.807) is 23.1 Å². The van der Waals surface area contributed by atoms with Crippen LogP contribution in [0.2, 0.25) is 0 Å². The molecule has 0 atom stereocenters. The maximum atomic E-state index is 12.4. The van der Waals surface area contributed by atoms with Crippen LogP contribution >= 0.6 is 0 Å². The minimum Gasteiger partial charge on any atom is -0.490 e. The van der Waals surface area contributed by atoms with E-state index in [1.165, 1.54) is 0 Å². The number of likely N-dealkylation sites (N-methyl/N-ethyl adjacent to an activating group) is 1. The lowest BCUT2D eigenvalue weighted by Gasteiger charge is -2.21.